The molecule has 0 saturated heterocycles. The van der Waals surface area contributed by atoms with Crippen molar-refractivity contribution in [3.8, 4) is 11.1 Å². The minimum Gasteiger partial charge on any atom is -0.307 e. The lowest BCUT2D eigenvalue weighted by molar-refractivity contribution is 0.256. The van der Waals surface area contributed by atoms with E-state index < -0.39 is 0 Å². The number of pyridine rings is 2. The minimum atomic E-state index is -0.328. The number of anilines is 2. The van der Waals surface area contributed by atoms with E-state index in [1.165, 1.54) is 11.1 Å². The average molecular weight is 624 g/mol. The van der Waals surface area contributed by atoms with E-state index in [1.807, 2.05) is 12.1 Å². The molecule has 2 amide bonds. The molecule has 2 aromatic heterocycles. The summed E-state index contributed by atoms with van der Waals surface area (Å²) < 4.78 is 0. The Kier molecular flexibility index (Phi) is 12.2. The van der Waals surface area contributed by atoms with Gasteiger partial charge in [-0.3, -0.25) is 9.69 Å². The van der Waals surface area contributed by atoms with Crippen molar-refractivity contribution in [2.24, 2.45) is 5.92 Å². The van der Waals surface area contributed by atoms with Crippen molar-refractivity contribution in [3.05, 3.63) is 87.8 Å². The Morgan fingerprint density at radius 1 is 0.870 bits per heavy atom. The molecule has 7 nitrogen and oxygen atoms in total. The third kappa shape index (κ3) is 8.64. The molecule has 2 N–H and O–H groups in total. The first-order valence-electron chi connectivity index (χ1n) is 17.1. The van der Waals surface area contributed by atoms with E-state index in [2.05, 4.69) is 112 Å². The number of aromatic amines is 1. The van der Waals surface area contributed by atoms with Gasteiger partial charge in [0.15, 0.2) is 0 Å². The van der Waals surface area contributed by atoms with E-state index in [1.54, 1.807) is 17.2 Å². The van der Waals surface area contributed by atoms with Gasteiger partial charge in [-0.15, -0.1) is 0 Å². The largest absolute Gasteiger partial charge is 0.326 e. The summed E-state index contributed by atoms with van der Waals surface area (Å²) in [5.74, 6) is 0.703. The van der Waals surface area contributed by atoms with Crippen molar-refractivity contribution < 1.29 is 4.79 Å². The lowest BCUT2D eigenvalue weighted by atomic mass is 9.88. The fourth-order valence-corrected chi connectivity index (χ4v) is 5.98. The van der Waals surface area contributed by atoms with E-state index in [0.717, 1.165) is 66.7 Å². The molecule has 246 valence electrons. The standard InChI is InChI=1S/C39H53N5O2/c1-9-43(10-2)20-13-15-29-14-11-16-30(22-29)32-23-33(27(5)6)36(34(24-32)28(7)8)41-39(46)44(21-18-26(3)4)35-25-31-17-12-19-40-37(31)42-38(35)45/h11-12,14,16-17,19,22-28H,9-10,13,15,18,20-21H2,1-8H3,(H,41,46)(H,40,42,45). The van der Waals surface area contributed by atoms with Crippen molar-refractivity contribution in [3.63, 3.8) is 0 Å². The van der Waals surface area contributed by atoms with Gasteiger partial charge in [0.25, 0.3) is 5.56 Å². The molecular formula is C39H53N5O2. The van der Waals surface area contributed by atoms with Crippen LogP contribution in [0.4, 0.5) is 16.2 Å². The molecule has 0 aliphatic carbocycles. The van der Waals surface area contributed by atoms with Gasteiger partial charge in [0.05, 0.1) is 0 Å². The van der Waals surface area contributed by atoms with Crippen molar-refractivity contribution in [2.75, 3.05) is 36.4 Å². The zero-order chi connectivity index (χ0) is 33.4. The van der Waals surface area contributed by atoms with Crippen LogP contribution < -0.4 is 15.8 Å². The minimum absolute atomic E-state index is 0.171. The highest BCUT2D eigenvalue weighted by Crippen LogP contribution is 2.38. The number of benzene rings is 2. The maximum atomic E-state index is 14.2. The Bertz CT molecular complexity index is 1640. The monoisotopic (exact) mass is 623 g/mol. The van der Waals surface area contributed by atoms with Crippen LogP contribution in [0, 0.1) is 5.92 Å². The summed E-state index contributed by atoms with van der Waals surface area (Å²) in [5.41, 5.74) is 7.20. The van der Waals surface area contributed by atoms with Gasteiger partial charge in [0.1, 0.15) is 11.3 Å². The van der Waals surface area contributed by atoms with Gasteiger partial charge in [-0.1, -0.05) is 79.7 Å². The first-order chi connectivity index (χ1) is 22.0. The second-order valence-corrected chi connectivity index (χ2v) is 13.4. The number of aryl methyl sites for hydroxylation is 1. The summed E-state index contributed by atoms with van der Waals surface area (Å²) in [4.78, 5) is 38.7. The van der Waals surface area contributed by atoms with Crippen LogP contribution in [0.25, 0.3) is 22.2 Å². The van der Waals surface area contributed by atoms with E-state index in [9.17, 15) is 9.59 Å². The van der Waals surface area contributed by atoms with Crippen LogP contribution in [0.3, 0.4) is 0 Å². The Balaban J connectivity index is 1.71. The molecular weight excluding hydrogens is 570 g/mol. The average Bonchev–Trinajstić information content (AvgIpc) is 3.03. The molecule has 0 unspecified atom stereocenters. The molecule has 0 saturated carbocycles. The van der Waals surface area contributed by atoms with Gasteiger partial charge in [-0.05, 0) is 115 Å². The second-order valence-electron chi connectivity index (χ2n) is 13.4. The van der Waals surface area contributed by atoms with E-state index in [-0.39, 0.29) is 23.4 Å². The summed E-state index contributed by atoms with van der Waals surface area (Å²) >= 11 is 0. The van der Waals surface area contributed by atoms with Gasteiger partial charge in [0.2, 0.25) is 0 Å². The number of H-pyrrole nitrogens is 1. The third-order valence-electron chi connectivity index (χ3n) is 8.83. The van der Waals surface area contributed by atoms with Crippen molar-refractivity contribution in [1.82, 2.24) is 14.9 Å². The molecule has 0 aliphatic heterocycles. The summed E-state index contributed by atoms with van der Waals surface area (Å²) in [5, 5.41) is 4.08. The highest BCUT2D eigenvalue weighted by molar-refractivity contribution is 6.03. The predicted octanol–water partition coefficient (Wildman–Crippen LogP) is 9.20. The van der Waals surface area contributed by atoms with Crippen molar-refractivity contribution in [2.45, 2.75) is 86.5 Å². The Hall–Kier alpha value is -3.97. The highest BCUT2D eigenvalue weighted by atomic mass is 16.2. The Labute approximate surface area is 275 Å². The maximum Gasteiger partial charge on any atom is 0.326 e. The molecule has 2 heterocycles. The van der Waals surface area contributed by atoms with E-state index in [4.69, 9.17) is 0 Å². The van der Waals surface area contributed by atoms with Crippen LogP contribution in [0.2, 0.25) is 0 Å². The fraction of sp³-hybridized carbons (Fsp3) is 0.462. The van der Waals surface area contributed by atoms with Crippen LogP contribution in [-0.4, -0.2) is 47.1 Å². The van der Waals surface area contributed by atoms with Crippen LogP contribution in [-0.2, 0) is 6.42 Å². The molecule has 7 heteroatoms. The SMILES string of the molecule is CCN(CC)CCCc1cccc(-c2cc(C(C)C)c(NC(=O)N(CCC(C)C)c3cc4cccnc4[nH]c3=O)c(C(C)C)c2)c1. The number of nitrogens with one attached hydrogen (secondary N) is 2. The number of urea groups is 1. The van der Waals surface area contributed by atoms with Crippen LogP contribution >= 0.6 is 0 Å². The number of amides is 2. The molecule has 4 aromatic rings. The number of aromatic nitrogens is 2. The number of fused-ring (bicyclic) bond motifs is 1. The molecule has 0 radical (unpaired) electrons. The van der Waals surface area contributed by atoms with Gasteiger partial charge in [-0.25, -0.2) is 9.78 Å². The zero-order valence-corrected chi connectivity index (χ0v) is 29.1. The number of hydrogen-bond acceptors (Lipinski definition) is 4. The van der Waals surface area contributed by atoms with Crippen LogP contribution in [0.1, 0.15) is 96.8 Å². The molecule has 2 aromatic carbocycles. The molecule has 4 rings (SSSR count). The summed E-state index contributed by atoms with van der Waals surface area (Å²) in [7, 11) is 0. The van der Waals surface area contributed by atoms with Crippen molar-refractivity contribution in [1.29, 1.82) is 0 Å². The van der Waals surface area contributed by atoms with E-state index in [0.29, 0.717) is 23.8 Å². The second kappa shape index (κ2) is 16.0. The summed E-state index contributed by atoms with van der Waals surface area (Å²) in [6, 6.07) is 18.5. The summed E-state index contributed by atoms with van der Waals surface area (Å²) in [6.07, 6.45) is 4.59. The lowest BCUT2D eigenvalue weighted by Crippen LogP contribution is -2.40. The quantitative estimate of drug-likeness (QED) is 0.147. The molecule has 0 spiro atoms. The normalized spacial score (nSPS) is 11.7. The van der Waals surface area contributed by atoms with Gasteiger partial charge in [0, 0.05) is 23.8 Å². The number of hydrogen-bond donors (Lipinski definition) is 2. The Morgan fingerprint density at radius 3 is 2.20 bits per heavy atom. The molecule has 0 bridgehead atoms. The zero-order valence-electron chi connectivity index (χ0n) is 29.1. The maximum absolute atomic E-state index is 14.2. The predicted molar refractivity (Wildman–Crippen MR) is 194 cm³/mol. The molecule has 0 aliphatic rings. The first kappa shape index (κ1) is 34.9. The van der Waals surface area contributed by atoms with Gasteiger partial charge >= 0.3 is 6.03 Å². The summed E-state index contributed by atoms with van der Waals surface area (Å²) in [6.45, 7) is 21.1. The third-order valence-corrected chi connectivity index (χ3v) is 8.83. The Morgan fingerprint density at radius 2 is 1.57 bits per heavy atom. The topological polar surface area (TPSA) is 81.3 Å². The number of carbonyl (C=O) groups excluding carboxylic acids is 1. The number of carbonyl (C=O) groups is 1. The number of nitrogens with zero attached hydrogens (tertiary/aromatic N) is 3. The van der Waals surface area contributed by atoms with E-state index >= 15 is 0 Å². The van der Waals surface area contributed by atoms with Gasteiger partial charge in [-0.2, -0.15) is 0 Å². The lowest BCUT2D eigenvalue weighted by Gasteiger charge is -2.27. The molecule has 0 fully saturated rings. The number of rotatable bonds is 14. The van der Waals surface area contributed by atoms with Crippen LogP contribution in [0.5, 0.6) is 0 Å². The first-order valence-corrected chi connectivity index (χ1v) is 17.1. The highest BCUT2D eigenvalue weighted by Gasteiger charge is 2.24. The molecule has 0 atom stereocenters. The van der Waals surface area contributed by atoms with Gasteiger partial charge < -0.3 is 15.2 Å². The van der Waals surface area contributed by atoms with Crippen molar-refractivity contribution >= 4 is 28.4 Å². The smallest absolute Gasteiger partial charge is 0.307 e. The fourth-order valence-electron chi connectivity index (χ4n) is 5.98. The van der Waals surface area contributed by atoms with Crippen LogP contribution in [0.15, 0.2) is 65.6 Å². The molecule has 46 heavy (non-hydrogen) atoms.